The lowest BCUT2D eigenvalue weighted by molar-refractivity contribution is 0.104. The van der Waals surface area contributed by atoms with E-state index < -0.39 is 0 Å². The number of aliphatic imine (C=N–C) groups is 1. The van der Waals surface area contributed by atoms with Gasteiger partial charge in [0.1, 0.15) is 0 Å². The Bertz CT molecular complexity index is 1010. The van der Waals surface area contributed by atoms with Gasteiger partial charge in [-0.2, -0.15) is 0 Å². The van der Waals surface area contributed by atoms with E-state index in [1.807, 2.05) is 30.3 Å². The van der Waals surface area contributed by atoms with Gasteiger partial charge in [-0.05, 0) is 35.9 Å². The number of hydrogen-bond donors (Lipinski definition) is 0. The molecular formula is C23H16BrNO2. The largest absolute Gasteiger partial charge is 0.289 e. The molecule has 0 bridgehead atoms. The van der Waals surface area contributed by atoms with Crippen LogP contribution in [0, 0.1) is 0 Å². The minimum atomic E-state index is -0.178. The van der Waals surface area contributed by atoms with Crippen LogP contribution in [0.4, 0.5) is 5.69 Å². The fourth-order valence-corrected chi connectivity index (χ4v) is 2.66. The van der Waals surface area contributed by atoms with Crippen molar-refractivity contribution in [2.75, 3.05) is 0 Å². The first-order valence-corrected chi connectivity index (χ1v) is 9.12. The maximum absolute atomic E-state index is 12.4. The number of allylic oxidation sites excluding steroid dienone is 1. The molecule has 0 saturated carbocycles. The molecule has 3 nitrogen and oxygen atoms in total. The first kappa shape index (κ1) is 18.7. The van der Waals surface area contributed by atoms with Gasteiger partial charge in [0.05, 0.1) is 11.9 Å². The highest BCUT2D eigenvalue weighted by Gasteiger charge is 2.04. The molecule has 0 spiro atoms. The van der Waals surface area contributed by atoms with Gasteiger partial charge in [-0.15, -0.1) is 0 Å². The van der Waals surface area contributed by atoms with Crippen LogP contribution in [-0.2, 0) is 0 Å². The Morgan fingerprint density at radius 2 is 1.48 bits per heavy atom. The fourth-order valence-electron chi connectivity index (χ4n) is 2.39. The van der Waals surface area contributed by atoms with Crippen LogP contribution in [-0.4, -0.2) is 17.8 Å². The Kier molecular flexibility index (Phi) is 6.23. The summed E-state index contributed by atoms with van der Waals surface area (Å²) in [5, 5.41) is 0. The number of nitrogens with zero attached hydrogens (tertiary/aromatic N) is 1. The van der Waals surface area contributed by atoms with Crippen molar-refractivity contribution in [2.24, 2.45) is 4.99 Å². The number of hydrogen-bond acceptors (Lipinski definition) is 3. The summed E-state index contributed by atoms with van der Waals surface area (Å²) < 4.78 is 0.988. The van der Waals surface area contributed by atoms with E-state index in [1.165, 1.54) is 12.3 Å². The topological polar surface area (TPSA) is 46.5 Å². The zero-order valence-corrected chi connectivity index (χ0v) is 16.0. The van der Waals surface area contributed by atoms with Crippen LogP contribution in [0.25, 0.3) is 6.08 Å². The normalized spacial score (nSPS) is 11.1. The summed E-state index contributed by atoms with van der Waals surface area (Å²) in [4.78, 5) is 28.7. The molecule has 0 fully saturated rings. The number of halogens is 1. The van der Waals surface area contributed by atoms with Crippen LogP contribution >= 0.6 is 15.9 Å². The third-order valence-electron chi connectivity index (χ3n) is 3.82. The van der Waals surface area contributed by atoms with E-state index in [0.717, 1.165) is 10.0 Å². The maximum atomic E-state index is 12.4. The zero-order chi connectivity index (χ0) is 19.1. The Hall–Kier alpha value is -3.11. The van der Waals surface area contributed by atoms with Gasteiger partial charge in [0.2, 0.25) is 5.78 Å². The van der Waals surface area contributed by atoms with Crippen LogP contribution in [0.1, 0.15) is 26.3 Å². The number of benzene rings is 3. The van der Waals surface area contributed by atoms with Crippen molar-refractivity contribution in [2.45, 2.75) is 0 Å². The van der Waals surface area contributed by atoms with Crippen molar-refractivity contribution in [3.05, 3.63) is 106 Å². The minimum absolute atomic E-state index is 0.121. The average Bonchev–Trinajstić information content (AvgIpc) is 2.72. The van der Waals surface area contributed by atoms with Gasteiger partial charge in [-0.25, -0.2) is 0 Å². The minimum Gasteiger partial charge on any atom is -0.289 e. The summed E-state index contributed by atoms with van der Waals surface area (Å²) in [7, 11) is 0. The van der Waals surface area contributed by atoms with Crippen molar-refractivity contribution in [1.82, 2.24) is 0 Å². The monoisotopic (exact) mass is 417 g/mol. The third kappa shape index (κ3) is 5.43. The zero-order valence-electron chi connectivity index (χ0n) is 14.4. The molecule has 0 saturated heterocycles. The van der Waals surface area contributed by atoms with Crippen molar-refractivity contribution in [3.8, 4) is 0 Å². The predicted octanol–water partition coefficient (Wildman–Crippen LogP) is 5.93. The molecule has 0 aliphatic heterocycles. The first-order valence-electron chi connectivity index (χ1n) is 8.33. The molecule has 4 heteroatoms. The smallest absolute Gasteiger partial charge is 0.204 e. The van der Waals surface area contributed by atoms with Crippen molar-refractivity contribution < 1.29 is 9.59 Å². The van der Waals surface area contributed by atoms with Gasteiger partial charge < -0.3 is 0 Å². The molecule has 0 aliphatic rings. The van der Waals surface area contributed by atoms with Crippen molar-refractivity contribution >= 4 is 45.5 Å². The third-order valence-corrected chi connectivity index (χ3v) is 4.35. The Morgan fingerprint density at radius 3 is 2.22 bits per heavy atom. The molecule has 0 radical (unpaired) electrons. The second-order valence-corrected chi connectivity index (χ2v) is 6.70. The summed E-state index contributed by atoms with van der Waals surface area (Å²) in [6.45, 7) is 0. The molecule has 0 aliphatic carbocycles. The Morgan fingerprint density at radius 1 is 0.778 bits per heavy atom. The van der Waals surface area contributed by atoms with Gasteiger partial charge in [0.15, 0.2) is 5.78 Å². The molecule has 3 aromatic carbocycles. The summed E-state index contributed by atoms with van der Waals surface area (Å²) in [5.41, 5.74) is 2.59. The summed E-state index contributed by atoms with van der Waals surface area (Å²) in [5.74, 6) is -0.299. The van der Waals surface area contributed by atoms with E-state index >= 15 is 0 Å². The lowest BCUT2D eigenvalue weighted by Crippen LogP contribution is -1.99. The van der Waals surface area contributed by atoms with E-state index in [1.54, 1.807) is 54.6 Å². The van der Waals surface area contributed by atoms with Gasteiger partial charge in [0.25, 0.3) is 0 Å². The van der Waals surface area contributed by atoms with Crippen LogP contribution in [0.5, 0.6) is 0 Å². The number of rotatable bonds is 6. The average molecular weight is 418 g/mol. The molecule has 3 rings (SSSR count). The molecule has 27 heavy (non-hydrogen) atoms. The molecule has 132 valence electrons. The second-order valence-electron chi connectivity index (χ2n) is 5.79. The van der Waals surface area contributed by atoms with Crippen LogP contribution in [0.2, 0.25) is 0 Å². The van der Waals surface area contributed by atoms with E-state index in [2.05, 4.69) is 20.9 Å². The van der Waals surface area contributed by atoms with Crippen LogP contribution in [0.3, 0.4) is 0 Å². The van der Waals surface area contributed by atoms with Gasteiger partial charge in [0, 0.05) is 15.6 Å². The van der Waals surface area contributed by atoms with E-state index in [9.17, 15) is 9.59 Å². The molecule has 0 atom stereocenters. The van der Waals surface area contributed by atoms with Crippen LogP contribution < -0.4 is 0 Å². The molecule has 0 aromatic heterocycles. The molecule has 0 heterocycles. The first-order chi connectivity index (χ1) is 13.1. The van der Waals surface area contributed by atoms with Crippen molar-refractivity contribution in [3.63, 3.8) is 0 Å². The number of ketones is 2. The van der Waals surface area contributed by atoms with Crippen LogP contribution in [0.15, 0.2) is 94.4 Å². The second kappa shape index (κ2) is 9.01. The highest BCUT2D eigenvalue weighted by molar-refractivity contribution is 9.10. The number of carbonyl (C=O) groups is 2. The summed E-state index contributed by atoms with van der Waals surface area (Å²) in [6.07, 6.45) is 4.57. The number of carbonyl (C=O) groups excluding carboxylic acids is 2. The molecule has 3 aromatic rings. The standard InChI is InChI=1S/C23H16BrNO2/c24-20-12-9-17(10-13-20)11-14-22(26)19-7-4-8-21(15-19)25-16-23(27)18-5-2-1-3-6-18/h1-16H/b14-11+,25-16?. The SMILES string of the molecule is O=C(C=Nc1cccc(C(=O)/C=C/c2ccc(Br)cc2)c1)c1ccccc1. The van der Waals surface area contributed by atoms with E-state index in [4.69, 9.17) is 0 Å². The van der Waals surface area contributed by atoms with Crippen molar-refractivity contribution in [1.29, 1.82) is 0 Å². The molecule has 0 amide bonds. The fraction of sp³-hybridized carbons (Fsp3) is 0. The quantitative estimate of drug-likeness (QED) is 0.283. The Labute approximate surface area is 166 Å². The van der Waals surface area contributed by atoms with Gasteiger partial charge in [-0.3, -0.25) is 14.6 Å². The summed E-state index contributed by atoms with van der Waals surface area (Å²) >= 11 is 3.38. The Balaban J connectivity index is 1.71. The van der Waals surface area contributed by atoms with Gasteiger partial charge in [-0.1, -0.05) is 76.6 Å². The molecule has 0 N–H and O–H groups in total. The lowest BCUT2D eigenvalue weighted by Gasteiger charge is -1.99. The molecule has 0 unspecified atom stereocenters. The van der Waals surface area contributed by atoms with Gasteiger partial charge >= 0.3 is 0 Å². The number of Topliss-reactive ketones (excluding diaryl/α,β-unsaturated/α-hetero) is 1. The van der Waals surface area contributed by atoms with E-state index in [-0.39, 0.29) is 11.6 Å². The highest BCUT2D eigenvalue weighted by atomic mass is 79.9. The maximum Gasteiger partial charge on any atom is 0.204 e. The summed E-state index contributed by atoms with van der Waals surface area (Å²) in [6, 6.07) is 23.5. The predicted molar refractivity (Wildman–Crippen MR) is 113 cm³/mol. The molecular weight excluding hydrogens is 402 g/mol. The van der Waals surface area contributed by atoms with E-state index in [0.29, 0.717) is 16.8 Å². The lowest BCUT2D eigenvalue weighted by atomic mass is 10.1. The highest BCUT2D eigenvalue weighted by Crippen LogP contribution is 2.16.